The van der Waals surface area contributed by atoms with Crippen LogP contribution in [-0.4, -0.2) is 5.91 Å². The van der Waals surface area contributed by atoms with Gasteiger partial charge >= 0.3 is 0 Å². The van der Waals surface area contributed by atoms with E-state index in [-0.39, 0.29) is 5.91 Å². The maximum Gasteiger partial charge on any atom is 0.251 e. The third-order valence-electron chi connectivity index (χ3n) is 2.45. The summed E-state index contributed by atoms with van der Waals surface area (Å²) in [5, 5.41) is 3.36. The van der Waals surface area contributed by atoms with Gasteiger partial charge in [0.25, 0.3) is 5.91 Å². The fourth-order valence-electron chi connectivity index (χ4n) is 1.52. The van der Waals surface area contributed by atoms with Crippen molar-refractivity contribution in [3.05, 3.63) is 70.5 Å². The molecule has 0 saturated heterocycles. The normalized spacial score (nSPS) is 10.1. The number of benzene rings is 2. The Labute approximate surface area is 109 Å². The van der Waals surface area contributed by atoms with Crippen molar-refractivity contribution >= 4 is 17.5 Å². The van der Waals surface area contributed by atoms with E-state index in [0.29, 0.717) is 17.1 Å². The van der Waals surface area contributed by atoms with E-state index in [1.807, 2.05) is 12.1 Å². The van der Waals surface area contributed by atoms with Crippen LogP contribution in [0.2, 0.25) is 5.02 Å². The van der Waals surface area contributed by atoms with Crippen LogP contribution < -0.4 is 5.32 Å². The third-order valence-corrected chi connectivity index (χ3v) is 2.71. The minimum atomic E-state index is -0.422. The molecule has 2 aromatic carbocycles. The lowest BCUT2D eigenvalue weighted by molar-refractivity contribution is 0.0950. The molecule has 0 radical (unpaired) electrons. The van der Waals surface area contributed by atoms with E-state index in [0.717, 1.165) is 5.56 Å². The van der Waals surface area contributed by atoms with Crippen molar-refractivity contribution in [2.24, 2.45) is 0 Å². The van der Waals surface area contributed by atoms with Crippen LogP contribution in [0.4, 0.5) is 4.39 Å². The van der Waals surface area contributed by atoms with Crippen LogP contribution in [0, 0.1) is 5.82 Å². The van der Waals surface area contributed by atoms with Crippen molar-refractivity contribution in [2.75, 3.05) is 0 Å². The number of hydrogen-bond acceptors (Lipinski definition) is 1. The van der Waals surface area contributed by atoms with Crippen molar-refractivity contribution in [3.63, 3.8) is 0 Å². The zero-order chi connectivity index (χ0) is 13.0. The fraction of sp³-hybridized carbons (Fsp3) is 0.0714. The molecule has 0 aliphatic carbocycles. The van der Waals surface area contributed by atoms with Gasteiger partial charge in [-0.05, 0) is 35.9 Å². The lowest BCUT2D eigenvalue weighted by atomic mass is 10.2. The van der Waals surface area contributed by atoms with Crippen LogP contribution in [0.25, 0.3) is 0 Å². The molecule has 92 valence electrons. The highest BCUT2D eigenvalue weighted by molar-refractivity contribution is 6.30. The van der Waals surface area contributed by atoms with Gasteiger partial charge < -0.3 is 5.32 Å². The van der Waals surface area contributed by atoms with Crippen molar-refractivity contribution in [1.82, 2.24) is 5.32 Å². The van der Waals surface area contributed by atoms with Crippen LogP contribution in [0.15, 0.2) is 48.5 Å². The van der Waals surface area contributed by atoms with E-state index in [1.165, 1.54) is 18.2 Å². The van der Waals surface area contributed by atoms with Gasteiger partial charge in [0.05, 0.1) is 0 Å². The van der Waals surface area contributed by atoms with Crippen molar-refractivity contribution in [3.8, 4) is 0 Å². The maximum absolute atomic E-state index is 12.9. The Bertz CT molecular complexity index is 554. The summed E-state index contributed by atoms with van der Waals surface area (Å²) in [7, 11) is 0. The Kier molecular flexibility index (Phi) is 3.95. The van der Waals surface area contributed by atoms with Crippen molar-refractivity contribution in [1.29, 1.82) is 0 Å². The number of amides is 1. The molecule has 1 amide bonds. The van der Waals surface area contributed by atoms with Gasteiger partial charge in [0, 0.05) is 17.1 Å². The molecule has 0 spiro atoms. The van der Waals surface area contributed by atoms with Gasteiger partial charge in [-0.3, -0.25) is 4.79 Å². The largest absolute Gasteiger partial charge is 0.348 e. The van der Waals surface area contributed by atoms with Gasteiger partial charge in [0.15, 0.2) is 0 Å². The van der Waals surface area contributed by atoms with Gasteiger partial charge in [-0.25, -0.2) is 4.39 Å². The Morgan fingerprint density at radius 3 is 2.56 bits per heavy atom. The van der Waals surface area contributed by atoms with E-state index in [1.54, 1.807) is 18.2 Å². The number of hydrogen-bond donors (Lipinski definition) is 1. The molecule has 2 rings (SSSR count). The molecule has 0 aliphatic heterocycles. The van der Waals surface area contributed by atoms with Crippen molar-refractivity contribution < 1.29 is 9.18 Å². The molecule has 0 bridgehead atoms. The molecular formula is C14H11ClFNO. The molecule has 18 heavy (non-hydrogen) atoms. The number of nitrogens with one attached hydrogen (secondary N) is 1. The second-order valence-corrected chi connectivity index (χ2v) is 4.26. The number of rotatable bonds is 3. The van der Waals surface area contributed by atoms with E-state index in [4.69, 9.17) is 11.6 Å². The minimum absolute atomic E-state index is 0.301. The van der Waals surface area contributed by atoms with Gasteiger partial charge in [0.1, 0.15) is 5.82 Å². The topological polar surface area (TPSA) is 29.1 Å². The monoisotopic (exact) mass is 263 g/mol. The summed E-state index contributed by atoms with van der Waals surface area (Å²) in [6.07, 6.45) is 0. The van der Waals surface area contributed by atoms with Crippen LogP contribution in [0.5, 0.6) is 0 Å². The first-order valence-electron chi connectivity index (χ1n) is 5.43. The zero-order valence-corrected chi connectivity index (χ0v) is 10.2. The van der Waals surface area contributed by atoms with E-state index < -0.39 is 5.82 Å². The smallest absolute Gasteiger partial charge is 0.251 e. The summed E-state index contributed by atoms with van der Waals surface area (Å²) in [4.78, 5) is 11.7. The van der Waals surface area contributed by atoms with Crippen LogP contribution >= 0.6 is 11.6 Å². The average molecular weight is 264 g/mol. The molecule has 4 heteroatoms. The molecule has 0 atom stereocenters. The van der Waals surface area contributed by atoms with Crippen LogP contribution in [0.1, 0.15) is 15.9 Å². The number of carbonyl (C=O) groups is 1. The maximum atomic E-state index is 12.9. The van der Waals surface area contributed by atoms with Crippen LogP contribution in [-0.2, 0) is 6.54 Å². The summed E-state index contributed by atoms with van der Waals surface area (Å²) in [6.45, 7) is 0.381. The second-order valence-electron chi connectivity index (χ2n) is 3.82. The summed E-state index contributed by atoms with van der Waals surface area (Å²) < 4.78 is 12.9. The van der Waals surface area contributed by atoms with Gasteiger partial charge in [0.2, 0.25) is 0 Å². The SMILES string of the molecule is O=C(NCc1ccc(Cl)cc1)c1cccc(F)c1. The Morgan fingerprint density at radius 2 is 1.89 bits per heavy atom. The Morgan fingerprint density at radius 1 is 1.17 bits per heavy atom. The van der Waals surface area contributed by atoms with Gasteiger partial charge in [-0.15, -0.1) is 0 Å². The summed E-state index contributed by atoms with van der Waals surface area (Å²) in [5.41, 5.74) is 1.24. The lowest BCUT2D eigenvalue weighted by Gasteiger charge is -2.05. The Hall–Kier alpha value is -1.87. The highest BCUT2D eigenvalue weighted by atomic mass is 35.5. The van der Waals surface area contributed by atoms with Crippen molar-refractivity contribution in [2.45, 2.75) is 6.54 Å². The lowest BCUT2D eigenvalue weighted by Crippen LogP contribution is -2.22. The molecule has 0 aromatic heterocycles. The standard InChI is InChI=1S/C14H11ClFNO/c15-12-6-4-10(5-7-12)9-17-14(18)11-2-1-3-13(16)8-11/h1-8H,9H2,(H,17,18). The molecule has 1 N–H and O–H groups in total. The Balaban J connectivity index is 1.98. The van der Waals surface area contributed by atoms with Gasteiger partial charge in [-0.2, -0.15) is 0 Å². The first-order valence-corrected chi connectivity index (χ1v) is 5.81. The minimum Gasteiger partial charge on any atom is -0.348 e. The van der Waals surface area contributed by atoms with Gasteiger partial charge in [-0.1, -0.05) is 29.8 Å². The molecule has 0 aliphatic rings. The molecule has 0 fully saturated rings. The molecule has 0 saturated carbocycles. The number of halogens is 2. The quantitative estimate of drug-likeness (QED) is 0.903. The second kappa shape index (κ2) is 5.65. The first kappa shape index (κ1) is 12.6. The molecule has 2 nitrogen and oxygen atoms in total. The highest BCUT2D eigenvalue weighted by Crippen LogP contribution is 2.09. The first-order chi connectivity index (χ1) is 8.65. The molecule has 0 heterocycles. The summed E-state index contributed by atoms with van der Waals surface area (Å²) >= 11 is 5.76. The molecule has 2 aromatic rings. The van der Waals surface area contributed by atoms with E-state index in [2.05, 4.69) is 5.32 Å². The highest BCUT2D eigenvalue weighted by Gasteiger charge is 2.05. The molecular weight excluding hydrogens is 253 g/mol. The predicted octanol–water partition coefficient (Wildman–Crippen LogP) is 3.41. The van der Waals surface area contributed by atoms with E-state index in [9.17, 15) is 9.18 Å². The molecule has 0 unspecified atom stereocenters. The van der Waals surface area contributed by atoms with E-state index >= 15 is 0 Å². The summed E-state index contributed by atoms with van der Waals surface area (Å²) in [5.74, 6) is -0.724. The predicted molar refractivity (Wildman–Crippen MR) is 69.0 cm³/mol. The number of carbonyl (C=O) groups excluding carboxylic acids is 1. The zero-order valence-electron chi connectivity index (χ0n) is 9.49. The third kappa shape index (κ3) is 3.31. The summed E-state index contributed by atoms with van der Waals surface area (Å²) in [6, 6.07) is 12.7. The fourth-order valence-corrected chi connectivity index (χ4v) is 1.64. The van der Waals surface area contributed by atoms with Crippen LogP contribution in [0.3, 0.4) is 0 Å². The average Bonchev–Trinajstić information content (AvgIpc) is 2.38.